The second kappa shape index (κ2) is 4.28. The highest BCUT2D eigenvalue weighted by Gasteiger charge is 2.07. The van der Waals surface area contributed by atoms with Gasteiger partial charge in [-0.15, -0.1) is 0 Å². The third kappa shape index (κ3) is 1.83. The van der Waals surface area contributed by atoms with Crippen LogP contribution in [0.1, 0.15) is 30.5 Å². The van der Waals surface area contributed by atoms with Crippen molar-refractivity contribution in [3.05, 3.63) is 28.8 Å². The number of hydrogen-bond acceptors (Lipinski definition) is 2. The minimum absolute atomic E-state index is 0.595. The van der Waals surface area contributed by atoms with Gasteiger partial charge >= 0.3 is 0 Å². The average Bonchev–Trinajstić information content (AvgIpc) is 2.17. The van der Waals surface area contributed by atoms with E-state index in [0.717, 1.165) is 18.5 Å². The van der Waals surface area contributed by atoms with Crippen LogP contribution in [0.15, 0.2) is 12.1 Å². The van der Waals surface area contributed by atoms with Crippen molar-refractivity contribution in [1.82, 2.24) is 0 Å². The van der Waals surface area contributed by atoms with Crippen LogP contribution in [0.4, 0.5) is 5.69 Å². The number of rotatable bonds is 3. The molecule has 1 aromatic rings. The zero-order chi connectivity index (χ0) is 9.84. The van der Waals surface area contributed by atoms with Crippen LogP contribution in [0.2, 0.25) is 0 Å². The zero-order valence-electron chi connectivity index (χ0n) is 8.43. The lowest BCUT2D eigenvalue weighted by atomic mass is 9.96. The van der Waals surface area contributed by atoms with Crippen molar-refractivity contribution >= 4 is 5.69 Å². The third-order valence-electron chi connectivity index (χ3n) is 2.50. The van der Waals surface area contributed by atoms with Crippen LogP contribution in [0, 0.1) is 0 Å². The molecule has 0 fully saturated rings. The van der Waals surface area contributed by atoms with Gasteiger partial charge in [-0.05, 0) is 35.6 Å². The van der Waals surface area contributed by atoms with Gasteiger partial charge in [0.15, 0.2) is 0 Å². The highest BCUT2D eigenvalue weighted by molar-refractivity contribution is 5.54. The normalized spacial score (nSPS) is 10.4. The summed E-state index contributed by atoms with van der Waals surface area (Å²) < 4.78 is 0. The molecule has 72 valence electrons. The van der Waals surface area contributed by atoms with E-state index in [1.165, 1.54) is 16.7 Å². The van der Waals surface area contributed by atoms with Crippen LogP contribution in [0.5, 0.6) is 0 Å². The first-order valence-corrected chi connectivity index (χ1v) is 4.83. The third-order valence-corrected chi connectivity index (χ3v) is 2.50. The van der Waals surface area contributed by atoms with E-state index in [1.54, 1.807) is 0 Å². The van der Waals surface area contributed by atoms with Gasteiger partial charge in [-0.2, -0.15) is 0 Å². The summed E-state index contributed by atoms with van der Waals surface area (Å²) in [4.78, 5) is 0. The predicted molar refractivity (Wildman–Crippen MR) is 57.5 cm³/mol. The first-order chi connectivity index (χ1) is 6.24. The number of aryl methyl sites for hydroxylation is 1. The predicted octanol–water partition coefficient (Wildman–Crippen LogP) is 1.85. The van der Waals surface area contributed by atoms with E-state index in [1.807, 2.05) is 6.07 Å². The van der Waals surface area contributed by atoms with E-state index in [4.69, 9.17) is 11.5 Å². The molecule has 0 atom stereocenters. The number of hydrogen-bond donors (Lipinski definition) is 2. The quantitative estimate of drug-likeness (QED) is 0.694. The lowest BCUT2D eigenvalue weighted by Crippen LogP contribution is -2.07. The minimum atomic E-state index is 0.595. The Kier molecular flexibility index (Phi) is 3.32. The van der Waals surface area contributed by atoms with Crippen molar-refractivity contribution in [2.75, 3.05) is 5.73 Å². The maximum absolute atomic E-state index is 5.88. The topological polar surface area (TPSA) is 52.0 Å². The Balaban J connectivity index is 3.27. The van der Waals surface area contributed by atoms with Gasteiger partial charge in [0.05, 0.1) is 0 Å². The Morgan fingerprint density at radius 2 is 1.77 bits per heavy atom. The van der Waals surface area contributed by atoms with E-state index >= 15 is 0 Å². The summed E-state index contributed by atoms with van der Waals surface area (Å²) in [7, 11) is 0. The molecule has 0 aliphatic rings. The fraction of sp³-hybridized carbons (Fsp3) is 0.455. The fourth-order valence-electron chi connectivity index (χ4n) is 1.76. The highest BCUT2D eigenvalue weighted by atomic mass is 14.6. The molecule has 4 N–H and O–H groups in total. The molecule has 13 heavy (non-hydrogen) atoms. The summed E-state index contributed by atoms with van der Waals surface area (Å²) in [6.45, 7) is 4.85. The largest absolute Gasteiger partial charge is 0.398 e. The molecule has 0 spiro atoms. The zero-order valence-corrected chi connectivity index (χ0v) is 8.43. The molecule has 2 nitrogen and oxygen atoms in total. The molecule has 0 aliphatic heterocycles. The molecule has 1 aromatic carbocycles. The molecule has 0 amide bonds. The van der Waals surface area contributed by atoms with Crippen LogP contribution in [0.3, 0.4) is 0 Å². The molecule has 0 aromatic heterocycles. The number of anilines is 1. The molecule has 0 saturated heterocycles. The van der Waals surface area contributed by atoms with Crippen LogP contribution in [0.25, 0.3) is 0 Å². The lowest BCUT2D eigenvalue weighted by molar-refractivity contribution is 0.958. The summed E-state index contributed by atoms with van der Waals surface area (Å²) in [5, 5.41) is 0. The first-order valence-electron chi connectivity index (χ1n) is 4.83. The molecule has 0 saturated carbocycles. The number of nitrogen functional groups attached to an aromatic ring is 1. The fourth-order valence-corrected chi connectivity index (χ4v) is 1.76. The van der Waals surface area contributed by atoms with Crippen molar-refractivity contribution in [2.45, 2.75) is 33.2 Å². The van der Waals surface area contributed by atoms with Crippen molar-refractivity contribution in [3.8, 4) is 0 Å². The second-order valence-corrected chi connectivity index (χ2v) is 3.18. The molecular formula is C11H18N2. The molecule has 1 rings (SSSR count). The van der Waals surface area contributed by atoms with E-state index < -0.39 is 0 Å². The van der Waals surface area contributed by atoms with Gasteiger partial charge in [0, 0.05) is 12.2 Å². The molecular weight excluding hydrogens is 160 g/mol. The maximum Gasteiger partial charge on any atom is 0.0349 e. The van der Waals surface area contributed by atoms with Gasteiger partial charge < -0.3 is 11.5 Å². The number of benzene rings is 1. The smallest absolute Gasteiger partial charge is 0.0349 e. The molecule has 0 unspecified atom stereocenters. The Labute approximate surface area is 79.9 Å². The standard InChI is InChI=1S/C11H18N2/c1-3-8-5-6-11(13)9(4-2)10(8)7-12/h5-6H,3-4,7,12-13H2,1-2H3. The summed E-state index contributed by atoms with van der Waals surface area (Å²) in [5.41, 5.74) is 16.3. The minimum Gasteiger partial charge on any atom is -0.398 e. The van der Waals surface area contributed by atoms with Crippen LogP contribution in [-0.4, -0.2) is 0 Å². The van der Waals surface area contributed by atoms with Gasteiger partial charge in [-0.1, -0.05) is 19.9 Å². The molecule has 0 bridgehead atoms. The summed E-state index contributed by atoms with van der Waals surface area (Å²) in [6.07, 6.45) is 1.99. The Morgan fingerprint density at radius 1 is 1.08 bits per heavy atom. The second-order valence-electron chi connectivity index (χ2n) is 3.18. The van der Waals surface area contributed by atoms with Crippen LogP contribution < -0.4 is 11.5 Å². The van der Waals surface area contributed by atoms with E-state index in [9.17, 15) is 0 Å². The molecule has 0 radical (unpaired) electrons. The average molecular weight is 178 g/mol. The van der Waals surface area contributed by atoms with Gasteiger partial charge in [-0.3, -0.25) is 0 Å². The van der Waals surface area contributed by atoms with Gasteiger partial charge in [-0.25, -0.2) is 0 Å². The number of nitrogens with two attached hydrogens (primary N) is 2. The summed E-state index contributed by atoms with van der Waals surface area (Å²) in [6, 6.07) is 4.06. The lowest BCUT2D eigenvalue weighted by Gasteiger charge is -2.13. The molecule has 0 heterocycles. The molecule has 0 aliphatic carbocycles. The monoisotopic (exact) mass is 178 g/mol. The van der Waals surface area contributed by atoms with Crippen molar-refractivity contribution < 1.29 is 0 Å². The summed E-state index contributed by atoms with van der Waals surface area (Å²) in [5.74, 6) is 0. The Hall–Kier alpha value is -1.02. The van der Waals surface area contributed by atoms with Gasteiger partial charge in [0.2, 0.25) is 0 Å². The SMILES string of the molecule is CCc1ccc(N)c(CC)c1CN. The summed E-state index contributed by atoms with van der Waals surface area (Å²) >= 11 is 0. The maximum atomic E-state index is 5.88. The first kappa shape index (κ1) is 10.1. The van der Waals surface area contributed by atoms with Crippen molar-refractivity contribution in [1.29, 1.82) is 0 Å². The Bertz CT molecular complexity index is 292. The Morgan fingerprint density at radius 3 is 2.23 bits per heavy atom. The molecule has 2 heteroatoms. The van der Waals surface area contributed by atoms with Crippen LogP contribution in [-0.2, 0) is 19.4 Å². The van der Waals surface area contributed by atoms with E-state index in [0.29, 0.717) is 6.54 Å². The van der Waals surface area contributed by atoms with Crippen LogP contribution >= 0.6 is 0 Å². The van der Waals surface area contributed by atoms with Crippen molar-refractivity contribution in [2.24, 2.45) is 5.73 Å². The van der Waals surface area contributed by atoms with Gasteiger partial charge in [0.1, 0.15) is 0 Å². The van der Waals surface area contributed by atoms with E-state index in [-0.39, 0.29) is 0 Å². The van der Waals surface area contributed by atoms with E-state index in [2.05, 4.69) is 19.9 Å². The van der Waals surface area contributed by atoms with Gasteiger partial charge in [0.25, 0.3) is 0 Å². The van der Waals surface area contributed by atoms with Crippen molar-refractivity contribution in [3.63, 3.8) is 0 Å². The highest BCUT2D eigenvalue weighted by Crippen LogP contribution is 2.21.